The zero-order chi connectivity index (χ0) is 21.7. The number of oxazole rings is 1. The number of hydrogen-bond acceptors (Lipinski definition) is 5. The van der Waals surface area contributed by atoms with E-state index in [1.165, 1.54) is 5.56 Å². The van der Waals surface area contributed by atoms with Crippen molar-refractivity contribution in [3.8, 4) is 0 Å². The lowest BCUT2D eigenvalue weighted by molar-refractivity contribution is -0.0971. The molecule has 1 fully saturated rings. The predicted molar refractivity (Wildman–Crippen MR) is 135 cm³/mol. The van der Waals surface area contributed by atoms with E-state index in [4.69, 9.17) is 20.8 Å². The predicted octanol–water partition coefficient (Wildman–Crippen LogP) is 4.08. The summed E-state index contributed by atoms with van der Waals surface area (Å²) in [7, 11) is 1.76. The van der Waals surface area contributed by atoms with Crippen molar-refractivity contribution in [2.45, 2.75) is 45.9 Å². The molecule has 0 amide bonds. The molecule has 31 heavy (non-hydrogen) atoms. The van der Waals surface area contributed by atoms with Gasteiger partial charge in [0, 0.05) is 31.7 Å². The summed E-state index contributed by atoms with van der Waals surface area (Å²) >= 11 is 6.12. The zero-order valence-corrected chi connectivity index (χ0v) is 22.0. The third kappa shape index (κ3) is 7.34. The summed E-state index contributed by atoms with van der Waals surface area (Å²) in [4.78, 5) is 11.2. The Morgan fingerprint density at radius 3 is 2.55 bits per heavy atom. The Hall–Kier alpha value is -1.36. The van der Waals surface area contributed by atoms with Crippen LogP contribution in [0.2, 0.25) is 5.02 Å². The van der Waals surface area contributed by atoms with E-state index in [0.717, 1.165) is 29.6 Å². The van der Waals surface area contributed by atoms with E-state index in [0.29, 0.717) is 31.5 Å². The molecule has 1 saturated heterocycles. The summed E-state index contributed by atoms with van der Waals surface area (Å²) in [6.45, 7) is 11.7. The third-order valence-corrected chi connectivity index (χ3v) is 5.57. The molecular weight excluding hydrogens is 529 g/mol. The molecule has 1 aromatic heterocycles. The van der Waals surface area contributed by atoms with Crippen LogP contribution in [0.5, 0.6) is 0 Å². The largest absolute Gasteiger partial charge is 0.444 e. The average Bonchev–Trinajstić information content (AvgIpc) is 3.02. The molecule has 7 nitrogen and oxygen atoms in total. The van der Waals surface area contributed by atoms with Gasteiger partial charge in [0.05, 0.1) is 30.5 Å². The van der Waals surface area contributed by atoms with Crippen molar-refractivity contribution in [2.75, 3.05) is 33.3 Å². The number of rotatable bonds is 6. The number of benzene rings is 1. The second-order valence-corrected chi connectivity index (χ2v) is 8.64. The second kappa shape index (κ2) is 11.5. The quantitative estimate of drug-likeness (QED) is 0.315. The van der Waals surface area contributed by atoms with E-state index < -0.39 is 0 Å². The first kappa shape index (κ1) is 25.9. The van der Waals surface area contributed by atoms with Crippen molar-refractivity contribution in [1.82, 2.24) is 20.5 Å². The van der Waals surface area contributed by atoms with E-state index in [-0.39, 0.29) is 35.6 Å². The van der Waals surface area contributed by atoms with Crippen molar-refractivity contribution >= 4 is 41.5 Å². The average molecular weight is 562 g/mol. The lowest BCUT2D eigenvalue weighted by atomic mass is 10.0. The number of halogens is 2. The van der Waals surface area contributed by atoms with Gasteiger partial charge in [-0.25, -0.2) is 4.98 Å². The molecule has 1 unspecified atom stereocenters. The van der Waals surface area contributed by atoms with Crippen LogP contribution in [-0.2, 0) is 11.3 Å². The lowest BCUT2D eigenvalue weighted by Gasteiger charge is -2.42. The fourth-order valence-corrected chi connectivity index (χ4v) is 3.78. The lowest BCUT2D eigenvalue weighted by Crippen LogP contribution is -2.52. The molecule has 0 radical (unpaired) electrons. The van der Waals surface area contributed by atoms with Gasteiger partial charge in [0.1, 0.15) is 5.76 Å². The zero-order valence-electron chi connectivity index (χ0n) is 18.9. The highest BCUT2D eigenvalue weighted by molar-refractivity contribution is 14.0. The van der Waals surface area contributed by atoms with Crippen LogP contribution in [-0.4, -0.2) is 54.7 Å². The van der Waals surface area contributed by atoms with Crippen LogP contribution in [0.25, 0.3) is 0 Å². The normalized spacial score (nSPS) is 17.7. The van der Waals surface area contributed by atoms with E-state index >= 15 is 0 Å². The molecule has 0 aliphatic carbocycles. The number of guanidine groups is 1. The van der Waals surface area contributed by atoms with Gasteiger partial charge in [-0.3, -0.25) is 9.89 Å². The fourth-order valence-electron chi connectivity index (χ4n) is 3.65. The van der Waals surface area contributed by atoms with Crippen LogP contribution in [0.15, 0.2) is 33.7 Å². The fraction of sp³-hybridized carbons (Fsp3) is 0.545. The molecule has 9 heteroatoms. The maximum absolute atomic E-state index is 6.12. The maximum atomic E-state index is 6.12. The van der Waals surface area contributed by atoms with Gasteiger partial charge in [-0.05, 0) is 45.4 Å². The number of aryl methyl sites for hydroxylation is 2. The van der Waals surface area contributed by atoms with Crippen LogP contribution >= 0.6 is 35.6 Å². The third-order valence-electron chi connectivity index (χ3n) is 5.32. The summed E-state index contributed by atoms with van der Waals surface area (Å²) in [5, 5.41) is 7.47. The smallest absolute Gasteiger partial charge is 0.214 e. The monoisotopic (exact) mass is 561 g/mol. The van der Waals surface area contributed by atoms with Gasteiger partial charge in [-0.15, -0.1) is 24.0 Å². The van der Waals surface area contributed by atoms with Gasteiger partial charge < -0.3 is 19.8 Å². The Morgan fingerprint density at radius 2 is 1.97 bits per heavy atom. The summed E-state index contributed by atoms with van der Waals surface area (Å²) in [6, 6.07) is 8.22. The van der Waals surface area contributed by atoms with Gasteiger partial charge in [0.15, 0.2) is 5.96 Å². The molecule has 1 aliphatic rings. The van der Waals surface area contributed by atoms with E-state index in [1.807, 2.05) is 26.0 Å². The number of ether oxygens (including phenoxy) is 1. The van der Waals surface area contributed by atoms with Gasteiger partial charge in [0.25, 0.3) is 0 Å². The van der Waals surface area contributed by atoms with Gasteiger partial charge in [-0.2, -0.15) is 0 Å². The van der Waals surface area contributed by atoms with E-state index in [9.17, 15) is 0 Å². The Bertz CT molecular complexity index is 850. The van der Waals surface area contributed by atoms with Crippen molar-refractivity contribution in [1.29, 1.82) is 0 Å². The summed E-state index contributed by atoms with van der Waals surface area (Å²) in [5.74, 6) is 2.19. The molecule has 0 spiro atoms. The van der Waals surface area contributed by atoms with Crippen LogP contribution in [0, 0.1) is 13.8 Å². The molecule has 1 aliphatic heterocycles. The van der Waals surface area contributed by atoms with E-state index in [1.54, 1.807) is 7.05 Å². The molecule has 1 atom stereocenters. The molecule has 2 aromatic rings. The molecule has 172 valence electrons. The SMILES string of the molecule is CN=C(NCc1nc(C)c(C)o1)NCC(c1ccc(Cl)cc1)N1CCOC(C)(C)C1.I. The Morgan fingerprint density at radius 1 is 1.26 bits per heavy atom. The maximum Gasteiger partial charge on any atom is 0.214 e. The number of nitrogens with one attached hydrogen (secondary N) is 2. The molecular formula is C22H33ClIN5O2. The first-order valence-corrected chi connectivity index (χ1v) is 10.7. The van der Waals surface area contributed by atoms with Crippen molar-refractivity contribution in [3.63, 3.8) is 0 Å². The highest BCUT2D eigenvalue weighted by Crippen LogP contribution is 2.27. The topological polar surface area (TPSA) is 74.9 Å². The van der Waals surface area contributed by atoms with Crippen LogP contribution in [0.3, 0.4) is 0 Å². The standard InChI is InChI=1S/C22H32ClN5O2.HI/c1-15-16(2)30-20(27-15)13-26-21(24-5)25-12-19(17-6-8-18(23)9-7-17)28-10-11-29-22(3,4)14-28;/h6-9,19H,10-14H2,1-5H3,(H2,24,25,26);1H. The molecule has 1 aromatic carbocycles. The van der Waals surface area contributed by atoms with Gasteiger partial charge in [-0.1, -0.05) is 23.7 Å². The summed E-state index contributed by atoms with van der Waals surface area (Å²) < 4.78 is 11.6. The minimum Gasteiger partial charge on any atom is -0.444 e. The van der Waals surface area contributed by atoms with Crippen molar-refractivity contribution < 1.29 is 9.15 Å². The molecule has 2 heterocycles. The Balaban J connectivity index is 0.00000341. The highest BCUT2D eigenvalue weighted by Gasteiger charge is 2.32. The minimum atomic E-state index is -0.177. The molecule has 3 rings (SSSR count). The Kier molecular flexibility index (Phi) is 9.60. The first-order valence-electron chi connectivity index (χ1n) is 10.3. The van der Waals surface area contributed by atoms with Crippen LogP contribution in [0.1, 0.15) is 42.8 Å². The summed E-state index contributed by atoms with van der Waals surface area (Å²) in [6.07, 6.45) is 0. The minimum absolute atomic E-state index is 0. The van der Waals surface area contributed by atoms with Crippen molar-refractivity contribution in [3.05, 3.63) is 52.2 Å². The number of morpholine rings is 1. The van der Waals surface area contributed by atoms with Crippen molar-refractivity contribution in [2.24, 2.45) is 4.99 Å². The molecule has 0 saturated carbocycles. The first-order chi connectivity index (χ1) is 14.3. The molecule has 2 N–H and O–H groups in total. The van der Waals surface area contributed by atoms with Crippen LogP contribution in [0.4, 0.5) is 0 Å². The van der Waals surface area contributed by atoms with E-state index in [2.05, 4.69) is 51.5 Å². The number of nitrogens with zero attached hydrogens (tertiary/aromatic N) is 3. The number of hydrogen-bond donors (Lipinski definition) is 2. The van der Waals surface area contributed by atoms with Crippen LogP contribution < -0.4 is 10.6 Å². The molecule has 0 bridgehead atoms. The summed E-state index contributed by atoms with van der Waals surface area (Å²) in [5.41, 5.74) is 1.94. The number of aromatic nitrogens is 1. The second-order valence-electron chi connectivity index (χ2n) is 8.20. The van der Waals surface area contributed by atoms with Gasteiger partial charge in [0.2, 0.25) is 5.89 Å². The van der Waals surface area contributed by atoms with Gasteiger partial charge >= 0.3 is 0 Å². The highest BCUT2D eigenvalue weighted by atomic mass is 127. The number of aliphatic imine (C=N–C) groups is 1. The Labute approximate surface area is 207 Å².